The van der Waals surface area contributed by atoms with Crippen LogP contribution in [0.3, 0.4) is 0 Å². The van der Waals surface area contributed by atoms with Crippen LogP contribution in [0.4, 0.5) is 0 Å². The van der Waals surface area contributed by atoms with Gasteiger partial charge in [0.05, 0.1) is 18.2 Å². The van der Waals surface area contributed by atoms with E-state index in [-0.39, 0.29) is 13.2 Å². The Morgan fingerprint density at radius 2 is 1.84 bits per heavy atom. The molecule has 2 N–H and O–H groups in total. The highest BCUT2D eigenvalue weighted by molar-refractivity contribution is 7.09. The van der Waals surface area contributed by atoms with E-state index >= 15 is 0 Å². The Labute approximate surface area is 117 Å². The van der Waals surface area contributed by atoms with Crippen LogP contribution in [0.15, 0.2) is 29.6 Å². The Balaban J connectivity index is 2.40. The van der Waals surface area contributed by atoms with E-state index in [9.17, 15) is 10.2 Å². The Kier molecular flexibility index (Phi) is 4.34. The van der Waals surface area contributed by atoms with Crippen molar-refractivity contribution in [2.45, 2.75) is 25.7 Å². The molecule has 0 bridgehead atoms. The minimum atomic E-state index is -0.657. The van der Waals surface area contributed by atoms with Gasteiger partial charge in [0, 0.05) is 22.9 Å². The highest BCUT2D eigenvalue weighted by atomic mass is 32.1. The molecule has 1 aromatic carbocycles. The maximum atomic E-state index is 9.84. The standard InChI is InChI=1S/C15H19NO2S/c1-11-5-3-4-6-13(11)15(9-17,10-18)7-14-16-12(2)8-19-14/h3-6,8,17-18H,7,9-10H2,1-2H3. The number of hydrogen-bond donors (Lipinski definition) is 2. The summed E-state index contributed by atoms with van der Waals surface area (Å²) in [5.74, 6) is 0. The molecule has 0 atom stereocenters. The second-order valence-corrected chi connectivity index (χ2v) is 5.91. The Morgan fingerprint density at radius 1 is 1.16 bits per heavy atom. The molecule has 0 spiro atoms. The quantitative estimate of drug-likeness (QED) is 0.881. The molecule has 0 fully saturated rings. The molecule has 1 aromatic heterocycles. The highest BCUT2D eigenvalue weighted by Gasteiger charge is 2.33. The molecule has 2 aromatic rings. The number of thiazole rings is 1. The minimum absolute atomic E-state index is 0.0903. The number of nitrogens with zero attached hydrogens (tertiary/aromatic N) is 1. The number of hydrogen-bond acceptors (Lipinski definition) is 4. The summed E-state index contributed by atoms with van der Waals surface area (Å²) in [7, 11) is 0. The Morgan fingerprint density at radius 3 is 2.37 bits per heavy atom. The van der Waals surface area contributed by atoms with Crippen LogP contribution < -0.4 is 0 Å². The largest absolute Gasteiger partial charge is 0.395 e. The minimum Gasteiger partial charge on any atom is -0.395 e. The average Bonchev–Trinajstić information content (AvgIpc) is 2.82. The second-order valence-electron chi connectivity index (χ2n) is 4.97. The van der Waals surface area contributed by atoms with Crippen molar-refractivity contribution in [2.24, 2.45) is 0 Å². The lowest BCUT2D eigenvalue weighted by atomic mass is 9.77. The molecule has 0 radical (unpaired) electrons. The predicted octanol–water partition coefficient (Wildman–Crippen LogP) is 2.23. The van der Waals surface area contributed by atoms with Crippen molar-refractivity contribution in [1.82, 2.24) is 4.98 Å². The molecule has 102 valence electrons. The fourth-order valence-corrected chi connectivity index (χ4v) is 3.28. The highest BCUT2D eigenvalue weighted by Crippen LogP contribution is 2.31. The number of aryl methyl sites for hydroxylation is 2. The summed E-state index contributed by atoms with van der Waals surface area (Å²) in [6.07, 6.45) is 0.559. The van der Waals surface area contributed by atoms with Gasteiger partial charge in [-0.05, 0) is 25.0 Å². The SMILES string of the molecule is Cc1csc(CC(CO)(CO)c2ccccc2C)n1. The van der Waals surface area contributed by atoms with E-state index in [1.165, 1.54) is 0 Å². The van der Waals surface area contributed by atoms with E-state index in [1.54, 1.807) is 11.3 Å². The van der Waals surface area contributed by atoms with E-state index in [0.29, 0.717) is 6.42 Å². The third-order valence-corrected chi connectivity index (χ3v) is 4.44. The molecule has 0 saturated heterocycles. The summed E-state index contributed by atoms with van der Waals surface area (Å²) >= 11 is 1.57. The zero-order valence-electron chi connectivity index (χ0n) is 11.3. The molecule has 0 unspecified atom stereocenters. The van der Waals surface area contributed by atoms with Gasteiger partial charge in [-0.25, -0.2) is 4.98 Å². The average molecular weight is 277 g/mol. The van der Waals surface area contributed by atoms with Gasteiger partial charge in [0.2, 0.25) is 0 Å². The van der Waals surface area contributed by atoms with Gasteiger partial charge in [-0.1, -0.05) is 24.3 Å². The van der Waals surface area contributed by atoms with Crippen molar-refractivity contribution in [3.05, 3.63) is 51.5 Å². The number of rotatable bonds is 5. The summed E-state index contributed by atoms with van der Waals surface area (Å²) in [5, 5.41) is 22.6. The number of benzene rings is 1. The molecule has 19 heavy (non-hydrogen) atoms. The van der Waals surface area contributed by atoms with Gasteiger partial charge < -0.3 is 10.2 Å². The van der Waals surface area contributed by atoms with Crippen molar-refractivity contribution < 1.29 is 10.2 Å². The fraction of sp³-hybridized carbons (Fsp3) is 0.400. The van der Waals surface area contributed by atoms with Crippen LogP contribution in [-0.2, 0) is 11.8 Å². The number of aliphatic hydroxyl groups is 2. The van der Waals surface area contributed by atoms with Crippen LogP contribution in [-0.4, -0.2) is 28.4 Å². The molecular formula is C15H19NO2S. The van der Waals surface area contributed by atoms with E-state index in [2.05, 4.69) is 4.98 Å². The first-order chi connectivity index (χ1) is 9.11. The second kappa shape index (κ2) is 5.82. The lowest BCUT2D eigenvalue weighted by Crippen LogP contribution is -2.38. The van der Waals surface area contributed by atoms with Gasteiger partial charge in [-0.2, -0.15) is 0 Å². The maximum absolute atomic E-state index is 9.84. The monoisotopic (exact) mass is 277 g/mol. The van der Waals surface area contributed by atoms with Gasteiger partial charge in [0.25, 0.3) is 0 Å². The van der Waals surface area contributed by atoms with Crippen LogP contribution >= 0.6 is 11.3 Å². The first-order valence-corrected chi connectivity index (χ1v) is 7.18. The maximum Gasteiger partial charge on any atom is 0.0938 e. The van der Waals surface area contributed by atoms with Crippen molar-refractivity contribution in [3.63, 3.8) is 0 Å². The van der Waals surface area contributed by atoms with Gasteiger partial charge in [0.1, 0.15) is 0 Å². The fourth-order valence-electron chi connectivity index (χ4n) is 2.37. The van der Waals surface area contributed by atoms with Crippen molar-refractivity contribution in [3.8, 4) is 0 Å². The predicted molar refractivity (Wildman–Crippen MR) is 77.6 cm³/mol. The molecule has 0 amide bonds. The van der Waals surface area contributed by atoms with Crippen molar-refractivity contribution in [2.75, 3.05) is 13.2 Å². The zero-order chi connectivity index (χ0) is 13.9. The van der Waals surface area contributed by atoms with Gasteiger partial charge in [-0.15, -0.1) is 11.3 Å². The molecule has 4 heteroatoms. The third-order valence-electron chi connectivity index (χ3n) is 3.48. The molecule has 0 aliphatic heterocycles. The molecule has 1 heterocycles. The summed E-state index contributed by atoms with van der Waals surface area (Å²) in [4.78, 5) is 4.44. The summed E-state index contributed by atoms with van der Waals surface area (Å²) in [5.41, 5.74) is 2.40. The first-order valence-electron chi connectivity index (χ1n) is 6.30. The molecule has 3 nitrogen and oxygen atoms in total. The van der Waals surface area contributed by atoms with Crippen LogP contribution in [0.5, 0.6) is 0 Å². The van der Waals surface area contributed by atoms with Gasteiger partial charge >= 0.3 is 0 Å². The molecule has 2 rings (SSSR count). The zero-order valence-corrected chi connectivity index (χ0v) is 12.1. The van der Waals surface area contributed by atoms with Gasteiger partial charge in [-0.3, -0.25) is 0 Å². The summed E-state index contributed by atoms with van der Waals surface area (Å²) in [6, 6.07) is 7.88. The van der Waals surface area contributed by atoms with Crippen LogP contribution in [0, 0.1) is 13.8 Å². The summed E-state index contributed by atoms with van der Waals surface area (Å²) in [6.45, 7) is 3.77. The van der Waals surface area contributed by atoms with E-state index < -0.39 is 5.41 Å². The smallest absolute Gasteiger partial charge is 0.0938 e. The topological polar surface area (TPSA) is 53.4 Å². The van der Waals surface area contributed by atoms with Crippen LogP contribution in [0.25, 0.3) is 0 Å². The molecule has 0 aliphatic carbocycles. The van der Waals surface area contributed by atoms with Crippen molar-refractivity contribution >= 4 is 11.3 Å². The first kappa shape index (κ1) is 14.2. The van der Waals surface area contributed by atoms with E-state index in [0.717, 1.165) is 21.8 Å². The Hall–Kier alpha value is -1.23. The lowest BCUT2D eigenvalue weighted by Gasteiger charge is -2.31. The van der Waals surface area contributed by atoms with Crippen LogP contribution in [0.1, 0.15) is 21.8 Å². The van der Waals surface area contributed by atoms with Crippen LogP contribution in [0.2, 0.25) is 0 Å². The lowest BCUT2D eigenvalue weighted by molar-refractivity contribution is 0.115. The van der Waals surface area contributed by atoms with Crippen molar-refractivity contribution in [1.29, 1.82) is 0 Å². The molecular weight excluding hydrogens is 258 g/mol. The Bertz CT molecular complexity index is 547. The molecule has 0 aliphatic rings. The number of aromatic nitrogens is 1. The van der Waals surface area contributed by atoms with E-state index in [1.807, 2.05) is 43.5 Å². The third kappa shape index (κ3) is 2.86. The molecule has 0 saturated carbocycles. The summed E-state index contributed by atoms with van der Waals surface area (Å²) < 4.78 is 0. The van der Waals surface area contributed by atoms with Gasteiger partial charge in [0.15, 0.2) is 0 Å². The normalized spacial score (nSPS) is 11.8. The number of aliphatic hydroxyl groups excluding tert-OH is 2. The van der Waals surface area contributed by atoms with E-state index in [4.69, 9.17) is 0 Å².